The van der Waals surface area contributed by atoms with Crippen LogP contribution in [-0.4, -0.2) is 46.3 Å². The first-order valence-corrected chi connectivity index (χ1v) is 7.59. The Morgan fingerprint density at radius 1 is 1.44 bits per heavy atom. The molecule has 6 nitrogen and oxygen atoms in total. The first-order valence-electron chi connectivity index (χ1n) is 6.19. The van der Waals surface area contributed by atoms with Crippen LogP contribution in [0.1, 0.15) is 18.1 Å². The van der Waals surface area contributed by atoms with Crippen molar-refractivity contribution in [3.63, 3.8) is 0 Å². The maximum atomic E-state index is 4.20. The van der Waals surface area contributed by atoms with Gasteiger partial charge >= 0.3 is 0 Å². The molecule has 1 aliphatic heterocycles. The average Bonchev–Trinajstić information content (AvgIpc) is 2.97. The molecule has 0 unspecified atom stereocenters. The molecule has 0 atom stereocenters. The second-order valence-corrected chi connectivity index (χ2v) is 5.12. The molecule has 0 radical (unpaired) electrons. The minimum absolute atomic E-state index is 0.673. The van der Waals surface area contributed by atoms with Crippen molar-refractivity contribution < 1.29 is 0 Å². The predicted molar refractivity (Wildman–Crippen MR) is 74.9 cm³/mol. The topological polar surface area (TPSA) is 67.1 Å². The number of guanidine groups is 1. The molecule has 0 bridgehead atoms. The predicted octanol–water partition coefficient (Wildman–Crippen LogP) is 0.252. The summed E-state index contributed by atoms with van der Waals surface area (Å²) in [5, 5.41) is 14.9. The molecule has 2 N–H and O–H groups in total. The van der Waals surface area contributed by atoms with Gasteiger partial charge in [0.05, 0.1) is 6.54 Å². The third-order valence-electron chi connectivity index (χ3n) is 2.92. The lowest BCUT2D eigenvalue weighted by atomic mass is 10.4. The number of rotatable bonds is 5. The fourth-order valence-electron chi connectivity index (χ4n) is 2.00. The third-order valence-corrected chi connectivity index (χ3v) is 3.53. The van der Waals surface area contributed by atoms with Crippen LogP contribution in [0.15, 0.2) is 4.99 Å². The number of aliphatic imine (C=N–C) groups is 1. The molecule has 0 saturated heterocycles. The van der Waals surface area contributed by atoms with Gasteiger partial charge in [-0.1, -0.05) is 0 Å². The quantitative estimate of drug-likeness (QED) is 0.455. The summed E-state index contributed by atoms with van der Waals surface area (Å²) < 4.78 is 2.20. The Bertz CT molecular complexity index is 414. The zero-order valence-electron chi connectivity index (χ0n) is 10.9. The zero-order valence-corrected chi connectivity index (χ0v) is 11.8. The molecular formula is C11H20N6S. The van der Waals surface area contributed by atoms with Gasteiger partial charge in [-0.25, -0.2) is 0 Å². The maximum absolute atomic E-state index is 4.20. The van der Waals surface area contributed by atoms with Crippen molar-refractivity contribution in [2.24, 2.45) is 4.99 Å². The Hall–Kier alpha value is -1.24. The maximum Gasteiger partial charge on any atom is 0.191 e. The molecule has 0 saturated carbocycles. The molecule has 1 aromatic rings. The van der Waals surface area contributed by atoms with Gasteiger partial charge in [0.25, 0.3) is 0 Å². The molecule has 1 aliphatic rings. The summed E-state index contributed by atoms with van der Waals surface area (Å²) in [4.78, 5) is 4.18. The standard InChI is InChI=1S/C11H20N6S/c1-12-11(13-5-7-18-2)14-8-10-16-15-9-4-3-6-17(9)10/h3-8H2,1-2H3,(H2,12,13,14). The molecule has 0 fully saturated rings. The van der Waals surface area contributed by atoms with Crippen LogP contribution in [0.5, 0.6) is 0 Å². The van der Waals surface area contributed by atoms with Crippen molar-refractivity contribution in [3.05, 3.63) is 11.6 Å². The highest BCUT2D eigenvalue weighted by atomic mass is 32.2. The number of fused-ring (bicyclic) bond motifs is 1. The van der Waals surface area contributed by atoms with Crippen LogP contribution >= 0.6 is 11.8 Å². The van der Waals surface area contributed by atoms with Gasteiger partial charge in [0.1, 0.15) is 5.82 Å². The molecule has 2 rings (SSSR count). The monoisotopic (exact) mass is 268 g/mol. The number of thioether (sulfide) groups is 1. The fraction of sp³-hybridized carbons (Fsp3) is 0.727. The fourth-order valence-corrected chi connectivity index (χ4v) is 2.30. The lowest BCUT2D eigenvalue weighted by molar-refractivity contribution is 0.664. The van der Waals surface area contributed by atoms with Crippen molar-refractivity contribution in [1.82, 2.24) is 25.4 Å². The van der Waals surface area contributed by atoms with E-state index in [1.807, 2.05) is 11.8 Å². The summed E-state index contributed by atoms with van der Waals surface area (Å²) in [6, 6.07) is 0. The highest BCUT2D eigenvalue weighted by Gasteiger charge is 2.16. The van der Waals surface area contributed by atoms with E-state index in [-0.39, 0.29) is 0 Å². The molecule has 0 aliphatic carbocycles. The molecule has 0 amide bonds. The molecule has 1 aromatic heterocycles. The van der Waals surface area contributed by atoms with E-state index in [0.29, 0.717) is 6.54 Å². The molecule has 100 valence electrons. The Labute approximate surface area is 112 Å². The van der Waals surface area contributed by atoms with Gasteiger partial charge in [-0.15, -0.1) is 10.2 Å². The van der Waals surface area contributed by atoms with Crippen LogP contribution < -0.4 is 10.6 Å². The smallest absolute Gasteiger partial charge is 0.191 e. The van der Waals surface area contributed by atoms with E-state index in [1.165, 1.54) is 6.42 Å². The van der Waals surface area contributed by atoms with E-state index >= 15 is 0 Å². The van der Waals surface area contributed by atoms with E-state index in [0.717, 1.165) is 42.9 Å². The second kappa shape index (κ2) is 6.63. The number of aryl methyl sites for hydroxylation is 1. The van der Waals surface area contributed by atoms with Crippen LogP contribution in [0.25, 0.3) is 0 Å². The second-order valence-electron chi connectivity index (χ2n) is 4.13. The van der Waals surface area contributed by atoms with Crippen molar-refractivity contribution >= 4 is 17.7 Å². The summed E-state index contributed by atoms with van der Waals surface area (Å²) in [5.41, 5.74) is 0. The molecular weight excluding hydrogens is 248 g/mol. The van der Waals surface area contributed by atoms with Gasteiger partial charge in [0, 0.05) is 32.3 Å². The van der Waals surface area contributed by atoms with Crippen LogP contribution in [0.3, 0.4) is 0 Å². The Balaban J connectivity index is 1.82. The van der Waals surface area contributed by atoms with Crippen molar-refractivity contribution in [3.8, 4) is 0 Å². The lowest BCUT2D eigenvalue weighted by Gasteiger charge is -2.11. The van der Waals surface area contributed by atoms with E-state index in [9.17, 15) is 0 Å². The summed E-state index contributed by atoms with van der Waals surface area (Å²) in [5.74, 6) is 3.99. The normalized spacial score (nSPS) is 14.7. The number of nitrogens with one attached hydrogen (secondary N) is 2. The molecule has 7 heteroatoms. The van der Waals surface area contributed by atoms with Gasteiger partial charge in [0.15, 0.2) is 11.8 Å². The lowest BCUT2D eigenvalue weighted by Crippen LogP contribution is -2.38. The minimum atomic E-state index is 0.673. The van der Waals surface area contributed by atoms with Gasteiger partial charge in [-0.05, 0) is 12.7 Å². The summed E-state index contributed by atoms with van der Waals surface area (Å²) in [6.07, 6.45) is 4.32. The van der Waals surface area contributed by atoms with Crippen LogP contribution in [0, 0.1) is 0 Å². The zero-order chi connectivity index (χ0) is 12.8. The largest absolute Gasteiger partial charge is 0.356 e. The molecule has 0 spiro atoms. The number of nitrogens with zero attached hydrogens (tertiary/aromatic N) is 4. The SMILES string of the molecule is CN=C(NCCSC)NCc1nnc2n1CCC2. The van der Waals surface area contributed by atoms with E-state index in [1.54, 1.807) is 7.05 Å². The van der Waals surface area contributed by atoms with Crippen LogP contribution in [0.4, 0.5) is 0 Å². The number of hydrogen-bond acceptors (Lipinski definition) is 4. The highest BCUT2D eigenvalue weighted by Crippen LogP contribution is 2.13. The van der Waals surface area contributed by atoms with E-state index < -0.39 is 0 Å². The number of hydrogen-bond donors (Lipinski definition) is 2. The average molecular weight is 268 g/mol. The molecule has 18 heavy (non-hydrogen) atoms. The van der Waals surface area contributed by atoms with E-state index in [2.05, 4.69) is 36.6 Å². The summed E-state index contributed by atoms with van der Waals surface area (Å²) in [6.45, 7) is 2.63. The highest BCUT2D eigenvalue weighted by molar-refractivity contribution is 7.98. The van der Waals surface area contributed by atoms with Crippen LogP contribution in [0.2, 0.25) is 0 Å². The van der Waals surface area contributed by atoms with Gasteiger partial charge in [-0.2, -0.15) is 11.8 Å². The van der Waals surface area contributed by atoms with Crippen molar-refractivity contribution in [2.75, 3.05) is 25.6 Å². The Morgan fingerprint density at radius 2 is 2.33 bits per heavy atom. The van der Waals surface area contributed by atoms with Gasteiger partial charge in [-0.3, -0.25) is 4.99 Å². The van der Waals surface area contributed by atoms with E-state index in [4.69, 9.17) is 0 Å². The van der Waals surface area contributed by atoms with Crippen LogP contribution in [-0.2, 0) is 19.5 Å². The summed E-state index contributed by atoms with van der Waals surface area (Å²) in [7, 11) is 1.78. The number of aromatic nitrogens is 3. The van der Waals surface area contributed by atoms with Gasteiger partial charge in [0.2, 0.25) is 0 Å². The first kappa shape index (κ1) is 13.2. The Kier molecular flexibility index (Phi) is 4.86. The van der Waals surface area contributed by atoms with Gasteiger partial charge < -0.3 is 15.2 Å². The first-order chi connectivity index (χ1) is 8.85. The molecule has 0 aromatic carbocycles. The van der Waals surface area contributed by atoms with Crippen molar-refractivity contribution in [2.45, 2.75) is 25.9 Å². The summed E-state index contributed by atoms with van der Waals surface area (Å²) >= 11 is 1.81. The van der Waals surface area contributed by atoms with Crippen molar-refractivity contribution in [1.29, 1.82) is 0 Å². The minimum Gasteiger partial charge on any atom is -0.356 e. The Morgan fingerprint density at radius 3 is 3.11 bits per heavy atom. The molecule has 2 heterocycles. The third kappa shape index (κ3) is 3.16.